The van der Waals surface area contributed by atoms with E-state index in [-0.39, 0.29) is 5.41 Å². The second-order valence-electron chi connectivity index (χ2n) is 7.49. The Balaban J connectivity index is 1.47. The predicted octanol–water partition coefficient (Wildman–Crippen LogP) is 3.14. The summed E-state index contributed by atoms with van der Waals surface area (Å²) in [5.41, 5.74) is 2.36. The molecule has 0 aromatic carbocycles. The lowest BCUT2D eigenvalue weighted by atomic mass is 9.71. The molecule has 4 rings (SSSR count). The number of carbonyl (C=O) groups is 1. The minimum absolute atomic E-state index is 0.128. The number of aromatic amines is 1. The number of fused-ring (bicyclic) bond motifs is 1. The molecule has 0 radical (unpaired) electrons. The van der Waals surface area contributed by atoms with Gasteiger partial charge in [-0.15, -0.1) is 0 Å². The normalized spacial score (nSPS) is 19.9. The maximum absolute atomic E-state index is 13.0. The van der Waals surface area contributed by atoms with E-state index in [1.807, 2.05) is 4.90 Å². The van der Waals surface area contributed by atoms with Crippen molar-refractivity contribution in [1.29, 1.82) is 0 Å². The summed E-state index contributed by atoms with van der Waals surface area (Å²) >= 11 is 0. The summed E-state index contributed by atoms with van der Waals surface area (Å²) in [5.74, 6) is 0.310. The van der Waals surface area contributed by atoms with Gasteiger partial charge in [0.05, 0.1) is 24.3 Å². The third-order valence-corrected chi connectivity index (χ3v) is 5.75. The third kappa shape index (κ3) is 3.12. The summed E-state index contributed by atoms with van der Waals surface area (Å²) in [6.45, 7) is 2.46. The van der Waals surface area contributed by atoms with Crippen LogP contribution in [0, 0.1) is 5.41 Å². The number of nitrogens with zero attached hydrogens (tertiary/aromatic N) is 3. The van der Waals surface area contributed by atoms with Crippen LogP contribution < -0.4 is 0 Å². The number of nitrogens with one attached hydrogen (secondary N) is 1. The van der Waals surface area contributed by atoms with E-state index in [9.17, 15) is 4.79 Å². The average molecular weight is 326 g/mol. The van der Waals surface area contributed by atoms with Gasteiger partial charge in [-0.2, -0.15) is 0 Å². The van der Waals surface area contributed by atoms with Gasteiger partial charge in [0.15, 0.2) is 0 Å². The maximum Gasteiger partial charge on any atom is 0.223 e. The zero-order valence-corrected chi connectivity index (χ0v) is 14.2. The fourth-order valence-corrected chi connectivity index (χ4v) is 4.41. The lowest BCUT2D eigenvalue weighted by molar-refractivity contribution is -0.135. The van der Waals surface area contributed by atoms with Gasteiger partial charge < -0.3 is 14.5 Å². The van der Waals surface area contributed by atoms with E-state index in [4.69, 9.17) is 0 Å². The molecule has 1 N–H and O–H groups in total. The number of H-pyrrole nitrogens is 1. The standard InChI is InChI=1S/C19H26N4O/c24-18(23-11-6-16-17(13-23)21-15-20-16)12-19(7-2-1-3-8-19)14-22-9-4-5-10-22/h4-5,9-10,15H,1-3,6-8,11-14H2,(H,20,21). The number of aromatic nitrogens is 3. The van der Waals surface area contributed by atoms with Gasteiger partial charge in [-0.25, -0.2) is 4.98 Å². The minimum atomic E-state index is 0.128. The molecule has 0 atom stereocenters. The molecule has 1 aliphatic carbocycles. The van der Waals surface area contributed by atoms with Crippen molar-refractivity contribution < 1.29 is 4.79 Å². The van der Waals surface area contributed by atoms with Crippen molar-refractivity contribution in [3.63, 3.8) is 0 Å². The van der Waals surface area contributed by atoms with Crippen molar-refractivity contribution in [1.82, 2.24) is 19.4 Å². The predicted molar refractivity (Wildman–Crippen MR) is 92.3 cm³/mol. The largest absolute Gasteiger partial charge is 0.354 e. The van der Waals surface area contributed by atoms with E-state index in [0.717, 1.165) is 30.9 Å². The van der Waals surface area contributed by atoms with E-state index in [1.165, 1.54) is 32.1 Å². The summed E-state index contributed by atoms with van der Waals surface area (Å²) in [7, 11) is 0. The molecule has 2 aliphatic rings. The highest BCUT2D eigenvalue weighted by Crippen LogP contribution is 2.41. The van der Waals surface area contributed by atoms with Crippen LogP contribution in [0.5, 0.6) is 0 Å². The molecule has 1 fully saturated rings. The van der Waals surface area contributed by atoms with Gasteiger partial charge in [-0.3, -0.25) is 4.79 Å². The van der Waals surface area contributed by atoms with Crippen molar-refractivity contribution in [2.75, 3.05) is 6.54 Å². The zero-order valence-electron chi connectivity index (χ0n) is 14.2. The van der Waals surface area contributed by atoms with E-state index in [2.05, 4.69) is 39.1 Å². The molecule has 24 heavy (non-hydrogen) atoms. The molecule has 0 saturated heterocycles. The molecule has 5 heteroatoms. The van der Waals surface area contributed by atoms with E-state index in [1.54, 1.807) is 6.33 Å². The SMILES string of the molecule is O=C(CC1(Cn2cccc2)CCCCC1)N1CCc2nc[nH]c2C1. The van der Waals surface area contributed by atoms with Crippen molar-refractivity contribution in [3.8, 4) is 0 Å². The van der Waals surface area contributed by atoms with Crippen molar-refractivity contribution in [2.45, 2.75) is 58.0 Å². The summed E-state index contributed by atoms with van der Waals surface area (Å²) in [5, 5.41) is 0. The highest BCUT2D eigenvalue weighted by Gasteiger charge is 2.36. The topological polar surface area (TPSA) is 53.9 Å². The van der Waals surface area contributed by atoms with Crippen LogP contribution in [0.25, 0.3) is 0 Å². The van der Waals surface area contributed by atoms with Crippen LogP contribution in [0.3, 0.4) is 0 Å². The van der Waals surface area contributed by atoms with Gasteiger partial charge in [0, 0.05) is 38.3 Å². The monoisotopic (exact) mass is 326 g/mol. The lowest BCUT2D eigenvalue weighted by Gasteiger charge is -2.39. The molecular formula is C19H26N4O. The molecule has 2 aromatic heterocycles. The van der Waals surface area contributed by atoms with Crippen LogP contribution in [0.4, 0.5) is 0 Å². The quantitative estimate of drug-likeness (QED) is 0.938. The first-order valence-corrected chi connectivity index (χ1v) is 9.14. The molecule has 1 saturated carbocycles. The zero-order chi connectivity index (χ0) is 16.4. The molecule has 0 spiro atoms. The molecule has 1 aliphatic heterocycles. The Kier molecular flexibility index (Phi) is 4.17. The van der Waals surface area contributed by atoms with Crippen molar-refractivity contribution in [3.05, 3.63) is 42.2 Å². The molecule has 2 aromatic rings. The van der Waals surface area contributed by atoms with Crippen molar-refractivity contribution >= 4 is 5.91 Å². The Labute approximate surface area is 143 Å². The Morgan fingerprint density at radius 3 is 2.79 bits per heavy atom. The number of amides is 1. The Hall–Kier alpha value is -2.04. The number of carbonyl (C=O) groups excluding carboxylic acids is 1. The smallest absolute Gasteiger partial charge is 0.223 e. The summed E-state index contributed by atoms with van der Waals surface area (Å²) < 4.78 is 2.25. The fourth-order valence-electron chi connectivity index (χ4n) is 4.41. The van der Waals surface area contributed by atoms with Gasteiger partial charge >= 0.3 is 0 Å². The first kappa shape index (κ1) is 15.5. The minimum Gasteiger partial charge on any atom is -0.354 e. The molecule has 3 heterocycles. The van der Waals surface area contributed by atoms with Crippen LogP contribution in [-0.4, -0.2) is 31.9 Å². The van der Waals surface area contributed by atoms with Gasteiger partial charge in [0.2, 0.25) is 5.91 Å². The van der Waals surface area contributed by atoms with Crippen LogP contribution in [0.15, 0.2) is 30.9 Å². The second-order valence-corrected chi connectivity index (χ2v) is 7.49. The van der Waals surface area contributed by atoms with E-state index < -0.39 is 0 Å². The Morgan fingerprint density at radius 1 is 1.21 bits per heavy atom. The molecule has 128 valence electrons. The second kappa shape index (κ2) is 6.46. The number of imidazole rings is 1. The first-order valence-electron chi connectivity index (χ1n) is 9.14. The summed E-state index contributed by atoms with van der Waals surface area (Å²) in [6.07, 6.45) is 13.7. The maximum atomic E-state index is 13.0. The van der Waals surface area contributed by atoms with Gasteiger partial charge in [-0.1, -0.05) is 19.3 Å². The number of hydrogen-bond donors (Lipinski definition) is 1. The van der Waals surface area contributed by atoms with Crippen LogP contribution in [0.1, 0.15) is 49.9 Å². The summed E-state index contributed by atoms with van der Waals surface area (Å²) in [6, 6.07) is 4.14. The Bertz CT molecular complexity index is 682. The lowest BCUT2D eigenvalue weighted by Crippen LogP contribution is -2.41. The number of hydrogen-bond acceptors (Lipinski definition) is 2. The summed E-state index contributed by atoms with van der Waals surface area (Å²) in [4.78, 5) is 22.6. The average Bonchev–Trinajstić information content (AvgIpc) is 3.26. The first-order chi connectivity index (χ1) is 11.7. The molecule has 1 amide bonds. The van der Waals surface area contributed by atoms with Gasteiger partial charge in [0.25, 0.3) is 0 Å². The molecular weight excluding hydrogens is 300 g/mol. The highest BCUT2D eigenvalue weighted by atomic mass is 16.2. The van der Waals surface area contributed by atoms with Gasteiger partial charge in [-0.05, 0) is 30.4 Å². The highest BCUT2D eigenvalue weighted by molar-refractivity contribution is 5.77. The Morgan fingerprint density at radius 2 is 2.00 bits per heavy atom. The van der Waals surface area contributed by atoms with Crippen molar-refractivity contribution in [2.24, 2.45) is 5.41 Å². The van der Waals surface area contributed by atoms with Crippen LogP contribution in [0.2, 0.25) is 0 Å². The van der Waals surface area contributed by atoms with Crippen LogP contribution in [-0.2, 0) is 24.3 Å². The third-order valence-electron chi connectivity index (χ3n) is 5.75. The van der Waals surface area contributed by atoms with E-state index >= 15 is 0 Å². The van der Waals surface area contributed by atoms with Crippen LogP contribution >= 0.6 is 0 Å². The molecule has 0 bridgehead atoms. The number of rotatable bonds is 4. The van der Waals surface area contributed by atoms with E-state index in [0.29, 0.717) is 18.9 Å². The van der Waals surface area contributed by atoms with Gasteiger partial charge in [0.1, 0.15) is 0 Å². The molecule has 5 nitrogen and oxygen atoms in total. The fraction of sp³-hybridized carbons (Fsp3) is 0.579. The molecule has 0 unspecified atom stereocenters.